The predicted molar refractivity (Wildman–Crippen MR) is 78.9 cm³/mol. The summed E-state index contributed by atoms with van der Waals surface area (Å²) in [5, 5.41) is 0. The molecule has 0 saturated heterocycles. The molecule has 2 N–H and O–H groups in total. The molecule has 3 nitrogen and oxygen atoms in total. The third-order valence-electron chi connectivity index (χ3n) is 2.40. The number of carbonyl (C=O) groups is 1. The van der Waals surface area contributed by atoms with E-state index in [0.29, 0.717) is 5.57 Å². The van der Waals surface area contributed by atoms with Crippen molar-refractivity contribution in [1.29, 1.82) is 0 Å². The number of hydrogen-bond donors (Lipinski definition) is 1. The molecule has 17 heavy (non-hydrogen) atoms. The molecule has 0 unspecified atom stereocenters. The first kappa shape index (κ1) is 16.6. The van der Waals surface area contributed by atoms with E-state index in [9.17, 15) is 4.79 Å². The van der Waals surface area contributed by atoms with E-state index in [4.69, 9.17) is 9.85 Å². The molecule has 0 heterocycles. The standard InChI is InChI=1S/C12H27NO2Si2/c1-11(12(13)14)9-7-8-10-17(5,6)15-16(2,3)4/h9H,7-8,10H2,1-6H3,(H2,13,14)/b11-9+. The van der Waals surface area contributed by atoms with Gasteiger partial charge in [-0.2, -0.15) is 0 Å². The first-order chi connectivity index (χ1) is 7.53. The van der Waals surface area contributed by atoms with Gasteiger partial charge in [-0.25, -0.2) is 0 Å². The lowest BCUT2D eigenvalue weighted by Crippen LogP contribution is -2.42. The predicted octanol–water partition coefficient (Wildman–Crippen LogP) is 3.25. The van der Waals surface area contributed by atoms with Crippen LogP contribution in [-0.2, 0) is 8.91 Å². The van der Waals surface area contributed by atoms with Crippen molar-refractivity contribution < 1.29 is 8.91 Å². The maximum Gasteiger partial charge on any atom is 0.244 e. The quantitative estimate of drug-likeness (QED) is 0.440. The molecule has 100 valence electrons. The van der Waals surface area contributed by atoms with Crippen LogP contribution >= 0.6 is 0 Å². The van der Waals surface area contributed by atoms with E-state index in [1.54, 1.807) is 6.92 Å². The van der Waals surface area contributed by atoms with E-state index in [1.165, 1.54) is 0 Å². The molecule has 0 aromatic heterocycles. The molecule has 0 aliphatic heterocycles. The first-order valence-electron chi connectivity index (χ1n) is 6.20. The highest BCUT2D eigenvalue weighted by Crippen LogP contribution is 2.20. The molecular weight excluding hydrogens is 246 g/mol. The van der Waals surface area contributed by atoms with Crippen LogP contribution in [0.5, 0.6) is 0 Å². The third-order valence-corrected chi connectivity index (χ3v) is 8.62. The van der Waals surface area contributed by atoms with E-state index >= 15 is 0 Å². The van der Waals surface area contributed by atoms with Gasteiger partial charge in [-0.15, -0.1) is 0 Å². The summed E-state index contributed by atoms with van der Waals surface area (Å²) in [6.45, 7) is 13.0. The first-order valence-corrected chi connectivity index (χ1v) is 12.7. The molecule has 0 aliphatic rings. The Morgan fingerprint density at radius 3 is 2.18 bits per heavy atom. The normalized spacial score (nSPS) is 13.9. The Hall–Kier alpha value is -0.396. The van der Waals surface area contributed by atoms with Crippen LogP contribution in [0.4, 0.5) is 0 Å². The molecular formula is C12H27NO2Si2. The third kappa shape index (κ3) is 9.32. The summed E-state index contributed by atoms with van der Waals surface area (Å²) in [6.07, 6.45) is 3.93. The fourth-order valence-corrected chi connectivity index (χ4v) is 9.92. The van der Waals surface area contributed by atoms with Crippen LogP contribution in [0.25, 0.3) is 0 Å². The molecule has 0 bridgehead atoms. The van der Waals surface area contributed by atoms with Gasteiger partial charge in [-0.3, -0.25) is 4.79 Å². The van der Waals surface area contributed by atoms with Crippen LogP contribution in [0.15, 0.2) is 11.6 Å². The second kappa shape index (κ2) is 6.51. The molecule has 0 saturated carbocycles. The second-order valence-electron chi connectivity index (χ2n) is 6.12. The molecule has 0 radical (unpaired) electrons. The number of amides is 1. The van der Waals surface area contributed by atoms with Crippen molar-refractivity contribution in [2.45, 2.75) is 58.5 Å². The number of hydrogen-bond acceptors (Lipinski definition) is 2. The fraction of sp³-hybridized carbons (Fsp3) is 0.750. The summed E-state index contributed by atoms with van der Waals surface area (Å²) in [5.41, 5.74) is 5.83. The van der Waals surface area contributed by atoms with Gasteiger partial charge in [0.05, 0.1) is 0 Å². The average molecular weight is 274 g/mol. The minimum atomic E-state index is -1.52. The van der Waals surface area contributed by atoms with Crippen molar-refractivity contribution in [1.82, 2.24) is 0 Å². The summed E-state index contributed by atoms with van der Waals surface area (Å²) in [6, 6.07) is 1.14. The zero-order valence-corrected chi connectivity index (χ0v) is 14.1. The van der Waals surface area contributed by atoms with Crippen molar-refractivity contribution in [2.75, 3.05) is 0 Å². The molecule has 0 atom stereocenters. The van der Waals surface area contributed by atoms with E-state index in [-0.39, 0.29) is 5.91 Å². The van der Waals surface area contributed by atoms with Gasteiger partial charge in [0.2, 0.25) is 5.91 Å². The number of carbonyl (C=O) groups excluding carboxylic acids is 1. The molecule has 0 aromatic rings. The average Bonchev–Trinajstić information content (AvgIpc) is 2.07. The lowest BCUT2D eigenvalue weighted by atomic mass is 10.2. The summed E-state index contributed by atoms with van der Waals surface area (Å²) >= 11 is 0. The molecule has 0 fully saturated rings. The van der Waals surface area contributed by atoms with Gasteiger partial charge in [0, 0.05) is 5.57 Å². The topological polar surface area (TPSA) is 52.3 Å². The van der Waals surface area contributed by atoms with Gasteiger partial charge in [0.25, 0.3) is 0 Å². The Morgan fingerprint density at radius 1 is 1.24 bits per heavy atom. The van der Waals surface area contributed by atoms with Crippen molar-refractivity contribution in [2.24, 2.45) is 5.73 Å². The fourth-order valence-electron chi connectivity index (χ4n) is 1.83. The number of rotatable bonds is 7. The highest BCUT2D eigenvalue weighted by molar-refractivity contribution is 6.84. The second-order valence-corrected chi connectivity index (χ2v) is 15.2. The maximum absolute atomic E-state index is 10.8. The van der Waals surface area contributed by atoms with Crippen LogP contribution in [0.2, 0.25) is 38.8 Å². The Morgan fingerprint density at radius 2 is 1.76 bits per heavy atom. The Kier molecular flexibility index (Phi) is 6.36. The Labute approximate surface area is 108 Å². The number of nitrogens with two attached hydrogens (primary N) is 1. The van der Waals surface area contributed by atoms with Crippen LogP contribution < -0.4 is 5.73 Å². The van der Waals surface area contributed by atoms with Gasteiger partial charge in [-0.05, 0) is 52.1 Å². The van der Waals surface area contributed by atoms with Gasteiger partial charge >= 0.3 is 0 Å². The van der Waals surface area contributed by atoms with Crippen LogP contribution in [-0.4, -0.2) is 22.5 Å². The molecule has 1 amide bonds. The molecule has 0 spiro atoms. The smallest absolute Gasteiger partial charge is 0.244 e. The van der Waals surface area contributed by atoms with Crippen molar-refractivity contribution in [3.63, 3.8) is 0 Å². The highest BCUT2D eigenvalue weighted by Gasteiger charge is 2.28. The molecule has 5 heteroatoms. The van der Waals surface area contributed by atoms with Crippen molar-refractivity contribution in [3.8, 4) is 0 Å². The van der Waals surface area contributed by atoms with E-state index in [1.807, 2.05) is 6.08 Å². The Bertz CT molecular complexity index is 293. The zero-order valence-electron chi connectivity index (χ0n) is 12.1. The highest BCUT2D eigenvalue weighted by atomic mass is 28.4. The molecule has 0 rings (SSSR count). The summed E-state index contributed by atoms with van der Waals surface area (Å²) in [5.74, 6) is -0.320. The molecule has 0 aliphatic carbocycles. The van der Waals surface area contributed by atoms with E-state index in [0.717, 1.165) is 18.9 Å². The lowest BCUT2D eigenvalue weighted by molar-refractivity contribution is -0.114. The van der Waals surface area contributed by atoms with Crippen LogP contribution in [0.3, 0.4) is 0 Å². The zero-order chi connectivity index (χ0) is 13.7. The van der Waals surface area contributed by atoms with Gasteiger partial charge in [-0.1, -0.05) is 12.5 Å². The Balaban J connectivity index is 4.04. The molecule has 0 aromatic carbocycles. The van der Waals surface area contributed by atoms with Crippen LogP contribution in [0, 0.1) is 0 Å². The summed E-state index contributed by atoms with van der Waals surface area (Å²) in [4.78, 5) is 10.8. The number of allylic oxidation sites excluding steroid dienone is 1. The minimum absolute atomic E-state index is 0.320. The largest absolute Gasteiger partial charge is 0.456 e. The van der Waals surface area contributed by atoms with Gasteiger partial charge < -0.3 is 9.85 Å². The SMILES string of the molecule is C/C(=C\CCC[Si](C)(C)O[Si](C)(C)C)C(N)=O. The van der Waals surface area contributed by atoms with E-state index < -0.39 is 16.6 Å². The number of primary amides is 1. The minimum Gasteiger partial charge on any atom is -0.456 e. The summed E-state index contributed by atoms with van der Waals surface area (Å²) < 4.78 is 6.25. The lowest BCUT2D eigenvalue weighted by Gasteiger charge is -2.31. The van der Waals surface area contributed by atoms with Crippen molar-refractivity contribution in [3.05, 3.63) is 11.6 Å². The van der Waals surface area contributed by atoms with Crippen molar-refractivity contribution >= 4 is 22.5 Å². The summed E-state index contributed by atoms with van der Waals surface area (Å²) in [7, 11) is -2.94. The van der Waals surface area contributed by atoms with E-state index in [2.05, 4.69) is 32.7 Å². The number of unbranched alkanes of at least 4 members (excludes halogenated alkanes) is 1. The van der Waals surface area contributed by atoms with Gasteiger partial charge in [0.1, 0.15) is 0 Å². The van der Waals surface area contributed by atoms with Crippen LogP contribution in [0.1, 0.15) is 19.8 Å². The maximum atomic E-state index is 10.8. The van der Waals surface area contributed by atoms with Gasteiger partial charge in [0.15, 0.2) is 16.6 Å². The monoisotopic (exact) mass is 273 g/mol.